The van der Waals surface area contributed by atoms with E-state index in [1.54, 1.807) is 0 Å². The van der Waals surface area contributed by atoms with Gasteiger partial charge in [-0.05, 0) is 5.92 Å². The van der Waals surface area contributed by atoms with Crippen molar-refractivity contribution in [3.8, 4) is 11.8 Å². The quantitative estimate of drug-likeness (QED) is 0.619. The highest BCUT2D eigenvalue weighted by Gasteiger charge is 1.86. The highest BCUT2D eigenvalue weighted by Crippen LogP contribution is 1.96. The second-order valence-corrected chi connectivity index (χ2v) is 3.36. The molecule has 0 atom stereocenters. The fraction of sp³-hybridized carbons (Fsp3) is 0.700. The molecule has 2 N–H and O–H groups in total. The third-order valence-electron chi connectivity index (χ3n) is 0.901. The average Bonchev–Trinajstić information content (AvgIpc) is 1.83. The highest BCUT2D eigenvalue weighted by molar-refractivity contribution is 5.53. The minimum Gasteiger partial charge on any atom is -0.450 e. The van der Waals surface area contributed by atoms with Gasteiger partial charge in [-0.2, -0.15) is 0 Å². The second kappa shape index (κ2) is 8.92. The molecule has 0 aliphatic heterocycles. The van der Waals surface area contributed by atoms with Crippen LogP contribution >= 0.6 is 0 Å². The number of hydrogen-bond acceptors (Lipinski definition) is 1. The Morgan fingerprint density at radius 1 is 1.23 bits per heavy atom. The summed E-state index contributed by atoms with van der Waals surface area (Å²) in [5.41, 5.74) is 0. The van der Waals surface area contributed by atoms with Crippen LogP contribution < -0.4 is 0 Å². The Morgan fingerprint density at radius 3 is 1.85 bits per heavy atom. The summed E-state index contributed by atoms with van der Waals surface area (Å²) in [7, 11) is 0. The maximum Gasteiger partial charge on any atom is 0.503 e. The minimum atomic E-state index is -1.83. The smallest absolute Gasteiger partial charge is 0.450 e. The summed E-state index contributed by atoms with van der Waals surface area (Å²) in [4.78, 5) is 8.56. The van der Waals surface area contributed by atoms with Crippen LogP contribution in [0, 0.1) is 23.7 Å². The Kier molecular flexibility index (Phi) is 9.86. The number of rotatable bonds is 1. The zero-order valence-corrected chi connectivity index (χ0v) is 8.66. The molecule has 3 nitrogen and oxygen atoms in total. The fourth-order valence-electron chi connectivity index (χ4n) is 0.467. The lowest BCUT2D eigenvalue weighted by atomic mass is 10.1. The SMILES string of the molecule is CC(C)C#CCC(C)C.O=C(O)O. The van der Waals surface area contributed by atoms with Crippen LogP contribution in [-0.2, 0) is 0 Å². The van der Waals surface area contributed by atoms with E-state index in [1.165, 1.54) is 0 Å². The molecule has 0 amide bonds. The van der Waals surface area contributed by atoms with Gasteiger partial charge in [-0.15, -0.1) is 11.8 Å². The van der Waals surface area contributed by atoms with Gasteiger partial charge >= 0.3 is 6.16 Å². The Bertz CT molecular complexity index is 180. The molecule has 13 heavy (non-hydrogen) atoms. The van der Waals surface area contributed by atoms with Crippen LogP contribution in [0.25, 0.3) is 0 Å². The molecule has 0 heterocycles. The van der Waals surface area contributed by atoms with Crippen molar-refractivity contribution < 1.29 is 15.0 Å². The fourth-order valence-corrected chi connectivity index (χ4v) is 0.467. The van der Waals surface area contributed by atoms with Gasteiger partial charge in [-0.1, -0.05) is 27.7 Å². The summed E-state index contributed by atoms with van der Waals surface area (Å²) in [6, 6.07) is 0. The lowest BCUT2D eigenvalue weighted by Crippen LogP contribution is -1.83. The van der Waals surface area contributed by atoms with Gasteiger partial charge in [0.2, 0.25) is 0 Å². The summed E-state index contributed by atoms with van der Waals surface area (Å²) in [5, 5.41) is 13.9. The van der Waals surface area contributed by atoms with Crippen LogP contribution in [0.4, 0.5) is 4.79 Å². The molecule has 76 valence electrons. The topological polar surface area (TPSA) is 57.5 Å². The van der Waals surface area contributed by atoms with Gasteiger partial charge in [0.15, 0.2) is 0 Å². The minimum absolute atomic E-state index is 0.531. The molecule has 0 fully saturated rings. The maximum atomic E-state index is 8.56. The van der Waals surface area contributed by atoms with E-state index in [2.05, 4.69) is 39.5 Å². The second-order valence-electron chi connectivity index (χ2n) is 3.36. The van der Waals surface area contributed by atoms with Gasteiger partial charge in [0, 0.05) is 12.3 Å². The average molecular weight is 186 g/mol. The van der Waals surface area contributed by atoms with Crippen LogP contribution in [0.2, 0.25) is 0 Å². The first-order chi connectivity index (χ1) is 5.86. The Morgan fingerprint density at radius 2 is 1.62 bits per heavy atom. The Balaban J connectivity index is 0. The van der Waals surface area contributed by atoms with E-state index in [1.807, 2.05) is 0 Å². The van der Waals surface area contributed by atoms with E-state index in [-0.39, 0.29) is 0 Å². The molecule has 0 aliphatic rings. The summed E-state index contributed by atoms with van der Waals surface area (Å²) < 4.78 is 0. The van der Waals surface area contributed by atoms with Gasteiger partial charge in [0.1, 0.15) is 0 Å². The van der Waals surface area contributed by atoms with Gasteiger partial charge < -0.3 is 10.2 Å². The van der Waals surface area contributed by atoms with E-state index in [0.29, 0.717) is 5.92 Å². The normalized spacial score (nSPS) is 8.46. The summed E-state index contributed by atoms with van der Waals surface area (Å²) in [5.74, 6) is 7.51. The number of carbonyl (C=O) groups is 1. The first-order valence-electron chi connectivity index (χ1n) is 4.26. The van der Waals surface area contributed by atoms with Crippen molar-refractivity contribution in [2.24, 2.45) is 11.8 Å². The molecule has 0 bridgehead atoms. The van der Waals surface area contributed by atoms with Gasteiger partial charge in [0.05, 0.1) is 0 Å². The zero-order valence-electron chi connectivity index (χ0n) is 8.66. The van der Waals surface area contributed by atoms with E-state index in [0.717, 1.165) is 12.3 Å². The Labute approximate surface area is 79.8 Å². The maximum absolute atomic E-state index is 8.56. The van der Waals surface area contributed by atoms with E-state index in [9.17, 15) is 0 Å². The third kappa shape index (κ3) is 36.2. The molecule has 0 aliphatic carbocycles. The zero-order chi connectivity index (χ0) is 10.9. The van der Waals surface area contributed by atoms with Gasteiger partial charge in [0.25, 0.3) is 0 Å². The van der Waals surface area contributed by atoms with Crippen molar-refractivity contribution in [1.82, 2.24) is 0 Å². The summed E-state index contributed by atoms with van der Waals surface area (Å²) in [6.45, 7) is 8.62. The number of carboxylic acid groups (broad SMARTS) is 2. The molecule has 0 saturated carbocycles. The van der Waals surface area contributed by atoms with E-state index in [4.69, 9.17) is 15.0 Å². The van der Waals surface area contributed by atoms with Crippen LogP contribution in [0.15, 0.2) is 0 Å². The largest absolute Gasteiger partial charge is 0.503 e. The molecule has 0 rings (SSSR count). The summed E-state index contributed by atoms with van der Waals surface area (Å²) >= 11 is 0. The van der Waals surface area contributed by atoms with Crippen LogP contribution in [0.1, 0.15) is 34.1 Å². The standard InChI is InChI=1S/C9H16.CH2O3/c1-8(2)6-5-7-9(3)4;2-1(3)4/h8-9H,6H2,1-4H3;(H2,2,3,4). The molecular formula is C10H18O3. The molecule has 0 radical (unpaired) electrons. The molecule has 3 heteroatoms. The molecule has 0 aromatic heterocycles. The van der Waals surface area contributed by atoms with Crippen molar-refractivity contribution >= 4 is 6.16 Å². The van der Waals surface area contributed by atoms with Gasteiger partial charge in [-0.25, -0.2) is 4.79 Å². The van der Waals surface area contributed by atoms with Crippen molar-refractivity contribution in [2.75, 3.05) is 0 Å². The molecule has 0 saturated heterocycles. The lowest BCUT2D eigenvalue weighted by molar-refractivity contribution is 0.137. The van der Waals surface area contributed by atoms with E-state index >= 15 is 0 Å². The predicted octanol–water partition coefficient (Wildman–Crippen LogP) is 2.91. The van der Waals surface area contributed by atoms with Crippen LogP contribution in [0.5, 0.6) is 0 Å². The summed E-state index contributed by atoms with van der Waals surface area (Å²) in [6.07, 6.45) is -0.793. The molecule has 0 unspecified atom stereocenters. The first-order valence-corrected chi connectivity index (χ1v) is 4.26. The van der Waals surface area contributed by atoms with Crippen LogP contribution in [0.3, 0.4) is 0 Å². The monoisotopic (exact) mass is 186 g/mol. The van der Waals surface area contributed by atoms with Crippen molar-refractivity contribution in [2.45, 2.75) is 34.1 Å². The lowest BCUT2D eigenvalue weighted by Gasteiger charge is -1.93. The number of hydrogen-bond donors (Lipinski definition) is 2. The highest BCUT2D eigenvalue weighted by atomic mass is 16.6. The van der Waals surface area contributed by atoms with Crippen molar-refractivity contribution in [3.05, 3.63) is 0 Å². The predicted molar refractivity (Wildman–Crippen MR) is 52.7 cm³/mol. The van der Waals surface area contributed by atoms with Crippen molar-refractivity contribution in [1.29, 1.82) is 0 Å². The van der Waals surface area contributed by atoms with Crippen LogP contribution in [-0.4, -0.2) is 16.4 Å². The molecule has 0 aromatic rings. The van der Waals surface area contributed by atoms with E-state index < -0.39 is 6.16 Å². The molecular weight excluding hydrogens is 168 g/mol. The Hall–Kier alpha value is -1.17. The van der Waals surface area contributed by atoms with Gasteiger partial charge in [-0.3, -0.25) is 0 Å². The van der Waals surface area contributed by atoms with Crippen molar-refractivity contribution in [3.63, 3.8) is 0 Å². The first kappa shape index (κ1) is 14.4. The third-order valence-corrected chi connectivity index (χ3v) is 0.901. The molecule has 0 aromatic carbocycles. The molecule has 0 spiro atoms.